The first-order valence-corrected chi connectivity index (χ1v) is 7.32. The first-order chi connectivity index (χ1) is 10.7. The molecule has 0 radical (unpaired) electrons. The summed E-state index contributed by atoms with van der Waals surface area (Å²) in [7, 11) is 1.37. The molecule has 6 nitrogen and oxygen atoms in total. The normalized spacial score (nSPS) is 13.4. The lowest BCUT2D eigenvalue weighted by atomic mass is 10.1. The second-order valence-electron chi connectivity index (χ2n) is 5.20. The summed E-state index contributed by atoms with van der Waals surface area (Å²) in [5.41, 5.74) is 1.98. The fraction of sp³-hybridized carbons (Fsp3) is 0.438. The molecule has 0 fully saturated rings. The van der Waals surface area contributed by atoms with Gasteiger partial charge in [0, 0.05) is 24.3 Å². The van der Waals surface area contributed by atoms with E-state index in [0.717, 1.165) is 28.6 Å². The topological polar surface area (TPSA) is 69.9 Å². The number of benzene rings is 1. The molecule has 0 saturated carbocycles. The van der Waals surface area contributed by atoms with Crippen LogP contribution in [0.4, 0.5) is 0 Å². The number of ether oxygens (including phenoxy) is 3. The molecule has 118 valence electrons. The predicted molar refractivity (Wildman–Crippen MR) is 80.4 cm³/mol. The summed E-state index contributed by atoms with van der Waals surface area (Å²) in [6.45, 7) is 1.33. The molecule has 0 unspecified atom stereocenters. The Bertz CT molecular complexity index is 691. The Hall–Kier alpha value is -2.21. The van der Waals surface area contributed by atoms with E-state index < -0.39 is 0 Å². The molecule has 2 aromatic rings. The molecule has 22 heavy (non-hydrogen) atoms. The molecule has 1 aliphatic rings. The maximum atomic E-state index is 11.6. The third-order valence-electron chi connectivity index (χ3n) is 3.76. The van der Waals surface area contributed by atoms with E-state index >= 15 is 0 Å². The lowest BCUT2D eigenvalue weighted by Crippen LogP contribution is -2.15. The molecule has 1 N–H and O–H groups in total. The molecule has 1 aromatic heterocycles. The minimum absolute atomic E-state index is 0.133. The van der Waals surface area contributed by atoms with Crippen molar-refractivity contribution in [3.63, 3.8) is 0 Å². The molecule has 3 rings (SSSR count). The van der Waals surface area contributed by atoms with E-state index in [1.165, 1.54) is 7.11 Å². The van der Waals surface area contributed by atoms with E-state index in [4.69, 9.17) is 19.3 Å². The lowest BCUT2D eigenvalue weighted by Gasteiger charge is -2.18. The van der Waals surface area contributed by atoms with Gasteiger partial charge >= 0.3 is 5.97 Å². The minimum atomic E-state index is -0.305. The van der Waals surface area contributed by atoms with Gasteiger partial charge in [-0.25, -0.2) is 0 Å². The van der Waals surface area contributed by atoms with Crippen molar-refractivity contribution in [1.82, 2.24) is 4.57 Å². The van der Waals surface area contributed by atoms with Gasteiger partial charge in [0.05, 0.1) is 12.6 Å². The van der Waals surface area contributed by atoms with E-state index in [1.807, 2.05) is 22.9 Å². The third kappa shape index (κ3) is 2.74. The van der Waals surface area contributed by atoms with Gasteiger partial charge in [0.15, 0.2) is 11.5 Å². The fourth-order valence-electron chi connectivity index (χ4n) is 2.70. The first-order valence-electron chi connectivity index (χ1n) is 7.32. The number of methoxy groups -OCH3 is 1. The van der Waals surface area contributed by atoms with Crippen molar-refractivity contribution in [2.75, 3.05) is 26.9 Å². The Kier molecular flexibility index (Phi) is 4.20. The molecule has 0 aliphatic carbocycles. The number of hydrogen-bond donors (Lipinski definition) is 1. The van der Waals surface area contributed by atoms with Crippen molar-refractivity contribution in [2.45, 2.75) is 19.4 Å². The van der Waals surface area contributed by atoms with Crippen molar-refractivity contribution >= 4 is 16.9 Å². The van der Waals surface area contributed by atoms with Crippen LogP contribution in [0.1, 0.15) is 12.0 Å². The fourth-order valence-corrected chi connectivity index (χ4v) is 2.70. The van der Waals surface area contributed by atoms with E-state index in [9.17, 15) is 4.79 Å². The summed E-state index contributed by atoms with van der Waals surface area (Å²) >= 11 is 0. The smallest absolute Gasteiger partial charge is 0.325 e. The standard InChI is InChI=1S/C16H19NO5/c1-20-16(19)10-17-9-11(3-2-4-18)12-7-14-15(8-13(12)17)22-6-5-21-14/h7-9,18H,2-6,10H2,1H3. The molecular weight excluding hydrogens is 286 g/mol. The lowest BCUT2D eigenvalue weighted by molar-refractivity contribution is -0.141. The van der Waals surface area contributed by atoms with E-state index in [2.05, 4.69) is 0 Å². The molecule has 0 bridgehead atoms. The monoisotopic (exact) mass is 305 g/mol. The number of esters is 1. The van der Waals surface area contributed by atoms with Gasteiger partial charge in [-0.15, -0.1) is 0 Å². The maximum absolute atomic E-state index is 11.6. The molecular formula is C16H19NO5. The van der Waals surface area contributed by atoms with Crippen LogP contribution in [0.25, 0.3) is 10.9 Å². The highest BCUT2D eigenvalue weighted by molar-refractivity contribution is 5.88. The maximum Gasteiger partial charge on any atom is 0.325 e. The summed E-state index contributed by atoms with van der Waals surface area (Å²) in [4.78, 5) is 11.6. The third-order valence-corrected chi connectivity index (χ3v) is 3.76. The van der Waals surface area contributed by atoms with Crippen LogP contribution in [0.2, 0.25) is 0 Å². The predicted octanol–water partition coefficient (Wildman–Crippen LogP) is 1.51. The van der Waals surface area contributed by atoms with Crippen molar-refractivity contribution in [3.8, 4) is 11.5 Å². The Balaban J connectivity index is 2.07. The Labute approximate surface area is 128 Å². The van der Waals surface area contributed by atoms with Gasteiger partial charge in [0.25, 0.3) is 0 Å². The van der Waals surface area contributed by atoms with Gasteiger partial charge in [0.2, 0.25) is 0 Å². The van der Waals surface area contributed by atoms with E-state index in [-0.39, 0.29) is 19.1 Å². The second-order valence-corrected chi connectivity index (χ2v) is 5.20. The summed E-state index contributed by atoms with van der Waals surface area (Å²) in [6, 6.07) is 3.85. The molecule has 0 spiro atoms. The number of aryl methyl sites for hydroxylation is 1. The molecule has 2 heterocycles. The largest absolute Gasteiger partial charge is 0.486 e. The number of carbonyl (C=O) groups is 1. The average molecular weight is 305 g/mol. The molecule has 0 amide bonds. The number of rotatable bonds is 5. The van der Waals surface area contributed by atoms with Crippen LogP contribution in [0.5, 0.6) is 11.5 Å². The summed E-state index contributed by atoms with van der Waals surface area (Å²) in [5.74, 6) is 1.11. The Morgan fingerprint density at radius 2 is 2.05 bits per heavy atom. The number of aliphatic hydroxyl groups is 1. The molecule has 1 aromatic carbocycles. The van der Waals surface area contributed by atoms with Crippen LogP contribution in [-0.4, -0.2) is 42.6 Å². The SMILES string of the molecule is COC(=O)Cn1cc(CCCO)c2cc3c(cc21)OCCO3. The molecule has 0 atom stereocenters. The average Bonchev–Trinajstić information content (AvgIpc) is 2.87. The summed E-state index contributed by atoms with van der Waals surface area (Å²) < 4.78 is 17.8. The zero-order chi connectivity index (χ0) is 15.5. The number of aromatic nitrogens is 1. The minimum Gasteiger partial charge on any atom is -0.486 e. The highest BCUT2D eigenvalue weighted by Crippen LogP contribution is 2.37. The van der Waals surface area contributed by atoms with E-state index in [1.54, 1.807) is 0 Å². The second kappa shape index (κ2) is 6.27. The summed E-state index contributed by atoms with van der Waals surface area (Å²) in [6.07, 6.45) is 3.34. The number of hydrogen-bond acceptors (Lipinski definition) is 5. The van der Waals surface area contributed by atoms with Crippen molar-refractivity contribution in [2.24, 2.45) is 0 Å². The first kappa shape index (κ1) is 14.7. The van der Waals surface area contributed by atoms with Crippen molar-refractivity contribution in [3.05, 3.63) is 23.9 Å². The van der Waals surface area contributed by atoms with Gasteiger partial charge in [-0.3, -0.25) is 4.79 Å². The van der Waals surface area contributed by atoms with Crippen LogP contribution in [-0.2, 0) is 22.5 Å². The Morgan fingerprint density at radius 3 is 2.73 bits per heavy atom. The van der Waals surface area contributed by atoms with Gasteiger partial charge in [-0.05, 0) is 24.5 Å². The zero-order valence-corrected chi connectivity index (χ0v) is 12.5. The van der Waals surface area contributed by atoms with Gasteiger partial charge < -0.3 is 23.9 Å². The molecule has 1 aliphatic heterocycles. The zero-order valence-electron chi connectivity index (χ0n) is 12.5. The van der Waals surface area contributed by atoms with Gasteiger partial charge in [0.1, 0.15) is 19.8 Å². The quantitative estimate of drug-likeness (QED) is 0.848. The van der Waals surface area contributed by atoms with Crippen molar-refractivity contribution in [1.29, 1.82) is 0 Å². The Morgan fingerprint density at radius 1 is 1.32 bits per heavy atom. The van der Waals surface area contributed by atoms with Crippen LogP contribution in [0.15, 0.2) is 18.3 Å². The van der Waals surface area contributed by atoms with Crippen LogP contribution >= 0.6 is 0 Å². The van der Waals surface area contributed by atoms with Crippen LogP contribution in [0, 0.1) is 0 Å². The highest BCUT2D eigenvalue weighted by atomic mass is 16.6. The number of aliphatic hydroxyl groups excluding tert-OH is 1. The number of fused-ring (bicyclic) bond motifs is 2. The van der Waals surface area contributed by atoms with Crippen LogP contribution in [0.3, 0.4) is 0 Å². The van der Waals surface area contributed by atoms with Gasteiger partial charge in [-0.2, -0.15) is 0 Å². The summed E-state index contributed by atoms with van der Waals surface area (Å²) in [5, 5.41) is 10.1. The van der Waals surface area contributed by atoms with E-state index in [0.29, 0.717) is 25.4 Å². The van der Waals surface area contributed by atoms with Gasteiger partial charge in [-0.1, -0.05) is 0 Å². The number of carbonyl (C=O) groups excluding carboxylic acids is 1. The number of nitrogens with zero attached hydrogens (tertiary/aromatic N) is 1. The van der Waals surface area contributed by atoms with Crippen LogP contribution < -0.4 is 9.47 Å². The van der Waals surface area contributed by atoms with Crippen molar-refractivity contribution < 1.29 is 24.1 Å². The molecule has 0 saturated heterocycles. The molecule has 6 heteroatoms. The highest BCUT2D eigenvalue weighted by Gasteiger charge is 2.18.